The number of aliphatic hydroxyl groups is 1. The Morgan fingerprint density at radius 3 is 2.38 bits per heavy atom. The Morgan fingerprint density at radius 2 is 1.70 bits per heavy atom. The Hall–Kier alpha value is -3.94. The van der Waals surface area contributed by atoms with E-state index in [1.54, 1.807) is 17.0 Å². The van der Waals surface area contributed by atoms with Gasteiger partial charge in [-0.05, 0) is 52.8 Å². The summed E-state index contributed by atoms with van der Waals surface area (Å²) in [5.41, 5.74) is 4.90. The predicted molar refractivity (Wildman–Crippen MR) is 180 cm³/mol. The van der Waals surface area contributed by atoms with E-state index >= 15 is 0 Å². The van der Waals surface area contributed by atoms with Gasteiger partial charge in [0.1, 0.15) is 11.2 Å². The number of carbonyl (C=O) groups excluding carboxylic acids is 2. The summed E-state index contributed by atoms with van der Waals surface area (Å²) in [6.07, 6.45) is -4.44. The van der Waals surface area contributed by atoms with Crippen molar-refractivity contribution in [1.29, 1.82) is 0 Å². The number of benzene rings is 3. The fourth-order valence-corrected chi connectivity index (χ4v) is 6.78. The SMILES string of the molecule is C[C@H]1[C@@H](Cn2cnc(Cl)c2Cl)O[C@@H](c2cccc(-c3cccc(CNC(=O)[C@@H]4CCCN4C(=O)C(F)(F)F)c3)c2)O[C@H]1c1ccc(CO)cc1. The van der Waals surface area contributed by atoms with Crippen LogP contribution in [0.15, 0.2) is 79.1 Å². The predicted octanol–water partition coefficient (Wildman–Crippen LogP) is 7.01. The molecule has 1 aromatic heterocycles. The van der Waals surface area contributed by atoms with Crippen molar-refractivity contribution < 1.29 is 37.3 Å². The number of amides is 2. The summed E-state index contributed by atoms with van der Waals surface area (Å²) in [5, 5.41) is 12.8. The lowest BCUT2D eigenvalue weighted by Crippen LogP contribution is -2.50. The molecule has 5 atom stereocenters. The van der Waals surface area contributed by atoms with Crippen LogP contribution in [0, 0.1) is 5.92 Å². The summed E-state index contributed by atoms with van der Waals surface area (Å²) in [7, 11) is 0. The standard InChI is InChI=1S/C36H35Cl2F3N4O5/c1-21-29(18-44-20-43-31(37)32(44)38)49-34(50-30(21)24-12-10-22(19-46)11-13-24)27-8-3-7-26(16-27)25-6-2-5-23(15-25)17-42-33(47)28-9-4-14-45(28)35(48)36(39,40)41/h2-3,5-8,10-13,15-16,20-21,28-30,34,46H,4,9,14,17-19H2,1H3,(H,42,47)/t21-,28-,29+,30+,34+/m0/s1. The van der Waals surface area contributed by atoms with E-state index in [4.69, 9.17) is 32.7 Å². The molecule has 0 spiro atoms. The first-order chi connectivity index (χ1) is 23.9. The number of aromatic nitrogens is 2. The number of aliphatic hydroxyl groups excluding tert-OH is 1. The minimum absolute atomic E-state index is 0.0714. The van der Waals surface area contributed by atoms with Gasteiger partial charge in [-0.3, -0.25) is 9.59 Å². The molecule has 0 unspecified atom stereocenters. The highest BCUT2D eigenvalue weighted by Gasteiger charge is 2.47. The molecular formula is C36H35Cl2F3N4O5. The number of hydrogen-bond donors (Lipinski definition) is 2. The fraction of sp³-hybridized carbons (Fsp3) is 0.361. The van der Waals surface area contributed by atoms with Crippen molar-refractivity contribution in [2.45, 2.75) is 70.2 Å². The third-order valence-electron chi connectivity index (χ3n) is 9.18. The third-order valence-corrected chi connectivity index (χ3v) is 9.95. The molecule has 2 aliphatic heterocycles. The van der Waals surface area contributed by atoms with Crippen molar-refractivity contribution >= 4 is 35.0 Å². The smallest absolute Gasteiger partial charge is 0.392 e. The van der Waals surface area contributed by atoms with Gasteiger partial charge in [-0.2, -0.15) is 13.2 Å². The van der Waals surface area contributed by atoms with Crippen LogP contribution in [0.4, 0.5) is 13.2 Å². The van der Waals surface area contributed by atoms with Gasteiger partial charge in [0.05, 0.1) is 31.7 Å². The second-order valence-corrected chi connectivity index (χ2v) is 13.2. The van der Waals surface area contributed by atoms with Gasteiger partial charge in [0.15, 0.2) is 11.4 Å². The molecule has 14 heteroatoms. The van der Waals surface area contributed by atoms with E-state index < -0.39 is 30.3 Å². The highest BCUT2D eigenvalue weighted by molar-refractivity contribution is 6.40. The van der Waals surface area contributed by atoms with Crippen LogP contribution in [0.3, 0.4) is 0 Å². The fourth-order valence-electron chi connectivity index (χ4n) is 6.47. The summed E-state index contributed by atoms with van der Waals surface area (Å²) < 4.78 is 54.0. The van der Waals surface area contributed by atoms with Crippen LogP contribution in [-0.4, -0.2) is 56.2 Å². The summed E-state index contributed by atoms with van der Waals surface area (Å²) in [5.74, 6) is -2.73. The van der Waals surface area contributed by atoms with Crippen LogP contribution in [0.2, 0.25) is 10.3 Å². The van der Waals surface area contributed by atoms with Gasteiger partial charge in [0, 0.05) is 24.6 Å². The van der Waals surface area contributed by atoms with Gasteiger partial charge in [0.2, 0.25) is 5.91 Å². The molecule has 3 heterocycles. The van der Waals surface area contributed by atoms with Gasteiger partial charge in [-0.15, -0.1) is 0 Å². The molecule has 50 heavy (non-hydrogen) atoms. The average molecular weight is 732 g/mol. The van der Waals surface area contributed by atoms with Gasteiger partial charge in [-0.1, -0.05) is 90.8 Å². The topological polar surface area (TPSA) is 106 Å². The normalized spacial score (nSPS) is 22.5. The van der Waals surface area contributed by atoms with Crippen molar-refractivity contribution in [1.82, 2.24) is 19.8 Å². The molecule has 0 bridgehead atoms. The van der Waals surface area contributed by atoms with Crippen molar-refractivity contribution in [3.63, 3.8) is 0 Å². The van der Waals surface area contributed by atoms with Crippen LogP contribution in [0.25, 0.3) is 11.1 Å². The number of alkyl halides is 3. The van der Waals surface area contributed by atoms with E-state index in [0.29, 0.717) is 23.0 Å². The molecule has 0 aliphatic carbocycles. The Labute approximate surface area is 296 Å². The van der Waals surface area contributed by atoms with Crippen LogP contribution in [-0.2, 0) is 38.8 Å². The molecule has 3 aromatic carbocycles. The molecule has 4 aromatic rings. The lowest BCUT2D eigenvalue weighted by molar-refractivity contribution is -0.276. The quantitative estimate of drug-likeness (QED) is 0.192. The Balaban J connectivity index is 1.20. The van der Waals surface area contributed by atoms with Gasteiger partial charge >= 0.3 is 12.1 Å². The van der Waals surface area contributed by atoms with E-state index in [-0.39, 0.29) is 49.4 Å². The van der Waals surface area contributed by atoms with E-state index in [2.05, 4.69) is 10.3 Å². The van der Waals surface area contributed by atoms with Crippen LogP contribution < -0.4 is 5.32 Å². The summed E-state index contributed by atoms with van der Waals surface area (Å²) >= 11 is 12.5. The first-order valence-corrected chi connectivity index (χ1v) is 16.9. The van der Waals surface area contributed by atoms with Crippen LogP contribution >= 0.6 is 23.2 Å². The number of nitrogens with zero attached hydrogens (tertiary/aromatic N) is 3. The van der Waals surface area contributed by atoms with Crippen molar-refractivity contribution in [2.75, 3.05) is 6.54 Å². The zero-order valence-electron chi connectivity index (χ0n) is 26.9. The number of ether oxygens (including phenoxy) is 2. The zero-order chi connectivity index (χ0) is 35.6. The number of imidazole rings is 1. The molecule has 6 rings (SSSR count). The van der Waals surface area contributed by atoms with Gasteiger partial charge < -0.3 is 29.4 Å². The molecular weight excluding hydrogens is 696 g/mol. The summed E-state index contributed by atoms with van der Waals surface area (Å²) in [6.45, 7) is 2.30. The molecule has 2 N–H and O–H groups in total. The van der Waals surface area contributed by atoms with Crippen molar-refractivity contribution in [3.8, 4) is 11.1 Å². The molecule has 2 fully saturated rings. The maximum Gasteiger partial charge on any atom is 0.471 e. The number of hydrogen-bond acceptors (Lipinski definition) is 6. The third kappa shape index (κ3) is 7.84. The Morgan fingerprint density at radius 1 is 0.980 bits per heavy atom. The number of nitrogens with one attached hydrogen (secondary N) is 1. The summed E-state index contributed by atoms with van der Waals surface area (Å²) in [4.78, 5) is 29.4. The maximum atomic E-state index is 13.0. The van der Waals surface area contributed by atoms with Crippen molar-refractivity contribution in [3.05, 3.63) is 112 Å². The van der Waals surface area contributed by atoms with Crippen LogP contribution in [0.1, 0.15) is 54.4 Å². The average Bonchev–Trinajstić information content (AvgIpc) is 3.74. The molecule has 0 radical (unpaired) electrons. The van der Waals surface area contributed by atoms with Crippen LogP contribution in [0.5, 0.6) is 0 Å². The lowest BCUT2D eigenvalue weighted by Gasteiger charge is -2.41. The minimum atomic E-state index is -5.03. The van der Waals surface area contributed by atoms with E-state index in [9.17, 15) is 27.9 Å². The largest absolute Gasteiger partial charge is 0.471 e. The number of rotatable bonds is 9. The van der Waals surface area contributed by atoms with Crippen molar-refractivity contribution in [2.24, 2.45) is 5.92 Å². The first kappa shape index (κ1) is 35.9. The minimum Gasteiger partial charge on any atom is -0.392 e. The van der Waals surface area contributed by atoms with E-state index in [1.165, 1.54) is 0 Å². The first-order valence-electron chi connectivity index (χ1n) is 16.1. The number of likely N-dealkylation sites (tertiary alicyclic amines) is 1. The lowest BCUT2D eigenvalue weighted by atomic mass is 9.90. The second-order valence-electron chi connectivity index (χ2n) is 12.5. The molecule has 2 aliphatic rings. The highest BCUT2D eigenvalue weighted by Crippen LogP contribution is 2.43. The Bertz CT molecular complexity index is 1840. The molecule has 9 nitrogen and oxygen atoms in total. The molecule has 264 valence electrons. The molecule has 2 saturated heterocycles. The maximum absolute atomic E-state index is 13.0. The van der Waals surface area contributed by atoms with E-state index in [1.807, 2.05) is 73.7 Å². The van der Waals surface area contributed by atoms with Gasteiger partial charge in [-0.25, -0.2) is 4.98 Å². The van der Waals surface area contributed by atoms with E-state index in [0.717, 1.165) is 33.4 Å². The molecule has 2 amide bonds. The zero-order valence-corrected chi connectivity index (χ0v) is 28.5. The molecule has 0 saturated carbocycles. The second kappa shape index (κ2) is 15.1. The number of halogens is 5. The Kier molecular flexibility index (Phi) is 10.8. The number of carbonyl (C=O) groups is 2. The summed E-state index contributed by atoms with van der Waals surface area (Å²) in [6, 6.07) is 21.6. The van der Waals surface area contributed by atoms with Gasteiger partial charge in [0.25, 0.3) is 0 Å². The monoisotopic (exact) mass is 730 g/mol. The highest BCUT2D eigenvalue weighted by atomic mass is 35.5.